The van der Waals surface area contributed by atoms with Crippen molar-refractivity contribution in [1.29, 1.82) is 0 Å². The summed E-state index contributed by atoms with van der Waals surface area (Å²) in [5.74, 6) is 2.55. The molecule has 1 aromatic carbocycles. The predicted octanol–water partition coefficient (Wildman–Crippen LogP) is 4.36. The largest absolute Gasteiger partial charge is 0.141 e. The molecule has 74 valence electrons. The van der Waals surface area contributed by atoms with Crippen LogP contribution in [0.1, 0.15) is 10.4 Å². The van der Waals surface area contributed by atoms with Crippen LogP contribution in [0.25, 0.3) is 10.4 Å². The van der Waals surface area contributed by atoms with Gasteiger partial charge in [-0.3, -0.25) is 0 Å². The summed E-state index contributed by atoms with van der Waals surface area (Å²) in [4.78, 5) is 2.51. The lowest BCUT2D eigenvalue weighted by atomic mass is 10.1. The molecule has 2 rings (SSSR count). The summed E-state index contributed by atoms with van der Waals surface area (Å²) < 4.78 is 0. The molecule has 0 aliphatic carbocycles. The zero-order valence-corrected chi connectivity index (χ0v) is 9.82. The summed E-state index contributed by atoms with van der Waals surface area (Å²) in [6.07, 6.45) is 5.31. The molecule has 0 atom stereocenters. The molecule has 1 heterocycles. The predicted molar refractivity (Wildman–Crippen MR) is 67.4 cm³/mol. The molecule has 0 nitrogen and oxygen atoms in total. The van der Waals surface area contributed by atoms with Crippen LogP contribution in [-0.4, -0.2) is 0 Å². The molecule has 0 bridgehead atoms. The maximum atomic E-state index is 6.05. The van der Waals surface area contributed by atoms with Crippen LogP contribution in [0.15, 0.2) is 30.3 Å². The fraction of sp³-hybridized carbons (Fsp3) is 0.0769. The van der Waals surface area contributed by atoms with Crippen LogP contribution in [0.5, 0.6) is 0 Å². The summed E-state index contributed by atoms with van der Waals surface area (Å²) in [5.41, 5.74) is 1.87. The molecule has 2 heteroatoms. The molecule has 1 aromatic heterocycles. The van der Waals surface area contributed by atoms with Gasteiger partial charge in [-0.2, -0.15) is 0 Å². The average Bonchev–Trinajstić information content (AvgIpc) is 2.65. The van der Waals surface area contributed by atoms with Crippen LogP contribution in [-0.2, 0) is 0 Å². The first-order chi connectivity index (χ1) is 7.20. The quantitative estimate of drug-likeness (QED) is 0.641. The number of halogens is 1. The Bertz CT molecular complexity index is 532. The first kappa shape index (κ1) is 10.3. The number of terminal acetylenes is 1. The highest BCUT2D eigenvalue weighted by molar-refractivity contribution is 7.15. The summed E-state index contributed by atoms with van der Waals surface area (Å²) in [6, 6.07) is 10.0. The topological polar surface area (TPSA) is 0 Å². The van der Waals surface area contributed by atoms with Crippen molar-refractivity contribution in [1.82, 2.24) is 0 Å². The van der Waals surface area contributed by atoms with E-state index in [0.717, 1.165) is 11.1 Å². The van der Waals surface area contributed by atoms with E-state index in [2.05, 4.69) is 25.0 Å². The number of thiophene rings is 1. The lowest BCUT2D eigenvalue weighted by Crippen LogP contribution is -1.78. The van der Waals surface area contributed by atoms with Crippen molar-refractivity contribution in [3.63, 3.8) is 0 Å². The fourth-order valence-corrected chi connectivity index (χ4v) is 2.47. The second-order valence-corrected chi connectivity index (χ2v) is 4.94. The maximum absolute atomic E-state index is 6.05. The minimum absolute atomic E-state index is 0.640. The Hall–Kier alpha value is -1.23. The van der Waals surface area contributed by atoms with E-state index in [1.807, 2.05) is 18.2 Å². The third-order valence-electron chi connectivity index (χ3n) is 2.15. The van der Waals surface area contributed by atoms with Crippen LogP contribution in [0.3, 0.4) is 0 Å². The van der Waals surface area contributed by atoms with Crippen molar-refractivity contribution >= 4 is 22.9 Å². The van der Waals surface area contributed by atoms with Crippen LogP contribution in [0.2, 0.25) is 5.02 Å². The first-order valence-corrected chi connectivity index (χ1v) is 5.73. The summed E-state index contributed by atoms with van der Waals surface area (Å²) in [6.45, 7) is 2.09. The molecule has 0 fully saturated rings. The van der Waals surface area contributed by atoms with Gasteiger partial charge in [0.05, 0.1) is 5.02 Å². The van der Waals surface area contributed by atoms with Gasteiger partial charge in [-0.05, 0) is 36.8 Å². The highest BCUT2D eigenvalue weighted by Crippen LogP contribution is 2.30. The van der Waals surface area contributed by atoms with Gasteiger partial charge in [0.25, 0.3) is 0 Å². The van der Waals surface area contributed by atoms with E-state index in [1.165, 1.54) is 9.75 Å². The van der Waals surface area contributed by atoms with Gasteiger partial charge >= 0.3 is 0 Å². The van der Waals surface area contributed by atoms with Gasteiger partial charge in [0.2, 0.25) is 0 Å². The van der Waals surface area contributed by atoms with Crippen molar-refractivity contribution in [3.8, 4) is 22.8 Å². The van der Waals surface area contributed by atoms with Gasteiger partial charge in [0, 0.05) is 15.3 Å². The Morgan fingerprint density at radius 3 is 2.60 bits per heavy atom. The van der Waals surface area contributed by atoms with E-state index >= 15 is 0 Å². The van der Waals surface area contributed by atoms with Crippen LogP contribution in [0.4, 0.5) is 0 Å². The Labute approximate surface area is 98.5 Å². The molecular weight excluding hydrogens is 224 g/mol. The third-order valence-corrected chi connectivity index (χ3v) is 3.51. The van der Waals surface area contributed by atoms with E-state index in [-0.39, 0.29) is 0 Å². The lowest BCUT2D eigenvalue weighted by Gasteiger charge is -2.00. The molecule has 0 aliphatic rings. The molecule has 0 spiro atoms. The molecule has 0 radical (unpaired) electrons. The molecule has 2 aromatic rings. The van der Waals surface area contributed by atoms with Crippen molar-refractivity contribution in [3.05, 3.63) is 45.8 Å². The molecule has 0 unspecified atom stereocenters. The van der Waals surface area contributed by atoms with E-state index in [0.29, 0.717) is 5.02 Å². The zero-order valence-electron chi connectivity index (χ0n) is 8.25. The Morgan fingerprint density at radius 2 is 2.07 bits per heavy atom. The highest BCUT2D eigenvalue weighted by atomic mass is 35.5. The summed E-state index contributed by atoms with van der Waals surface area (Å²) in [7, 11) is 0. The monoisotopic (exact) mass is 232 g/mol. The fourth-order valence-electron chi connectivity index (χ4n) is 1.38. The minimum atomic E-state index is 0.640. The number of hydrogen-bond acceptors (Lipinski definition) is 1. The van der Waals surface area contributed by atoms with Gasteiger partial charge in [-0.25, -0.2) is 0 Å². The normalized spacial score (nSPS) is 9.93. The molecule has 0 aliphatic heterocycles. The lowest BCUT2D eigenvalue weighted by molar-refractivity contribution is 1.63. The maximum Gasteiger partial charge on any atom is 0.0568 e. The van der Waals surface area contributed by atoms with Gasteiger partial charge in [-0.15, -0.1) is 17.8 Å². The molecular formula is C13H9ClS. The van der Waals surface area contributed by atoms with E-state index in [9.17, 15) is 0 Å². The van der Waals surface area contributed by atoms with Crippen LogP contribution >= 0.6 is 22.9 Å². The Kier molecular flexibility index (Phi) is 2.81. The summed E-state index contributed by atoms with van der Waals surface area (Å²) in [5, 5.41) is 0.640. The minimum Gasteiger partial charge on any atom is -0.141 e. The number of benzene rings is 1. The van der Waals surface area contributed by atoms with E-state index in [1.54, 1.807) is 11.3 Å². The van der Waals surface area contributed by atoms with Gasteiger partial charge in [0.1, 0.15) is 0 Å². The second-order valence-electron chi connectivity index (χ2n) is 3.25. The van der Waals surface area contributed by atoms with E-state index in [4.69, 9.17) is 18.0 Å². The Balaban J connectivity index is 2.48. The van der Waals surface area contributed by atoms with Crippen molar-refractivity contribution < 1.29 is 0 Å². The second kappa shape index (κ2) is 4.10. The smallest absolute Gasteiger partial charge is 0.0568 e. The first-order valence-electron chi connectivity index (χ1n) is 4.53. The SMILES string of the molecule is C#Cc1ccc(-c2ccc(C)s2)cc1Cl. The average molecular weight is 233 g/mol. The number of aryl methyl sites for hydroxylation is 1. The zero-order chi connectivity index (χ0) is 10.8. The molecule has 0 saturated heterocycles. The molecule has 0 N–H and O–H groups in total. The van der Waals surface area contributed by atoms with Crippen molar-refractivity contribution in [2.45, 2.75) is 6.92 Å². The van der Waals surface area contributed by atoms with E-state index < -0.39 is 0 Å². The molecule has 0 saturated carbocycles. The molecule has 15 heavy (non-hydrogen) atoms. The van der Waals surface area contributed by atoms with Crippen molar-refractivity contribution in [2.24, 2.45) is 0 Å². The van der Waals surface area contributed by atoms with Gasteiger partial charge < -0.3 is 0 Å². The standard InChI is InChI=1S/C13H9ClS/c1-3-10-5-6-11(8-12(10)14)13-7-4-9(2)15-13/h1,4-8H,2H3. The van der Waals surface area contributed by atoms with Crippen LogP contribution < -0.4 is 0 Å². The number of hydrogen-bond donors (Lipinski definition) is 0. The van der Waals surface area contributed by atoms with Gasteiger partial charge in [-0.1, -0.05) is 23.6 Å². The molecule has 0 amide bonds. The van der Waals surface area contributed by atoms with Crippen LogP contribution in [0, 0.1) is 19.3 Å². The summed E-state index contributed by atoms with van der Waals surface area (Å²) >= 11 is 7.80. The highest BCUT2D eigenvalue weighted by Gasteiger charge is 2.03. The third kappa shape index (κ3) is 2.07. The van der Waals surface area contributed by atoms with Crippen molar-refractivity contribution in [2.75, 3.05) is 0 Å². The number of rotatable bonds is 1. The Morgan fingerprint density at radius 1 is 1.27 bits per heavy atom. The van der Waals surface area contributed by atoms with Gasteiger partial charge in [0.15, 0.2) is 0 Å².